The first-order valence-electron chi connectivity index (χ1n) is 8.27. The standard InChI is InChI=1S/C18H24N2O/c1-2-5-17-14(4-1)12-15(20-17)6-10-19-16-7-11-21-18(13-16)8-3-9-18/h1-2,4-5,12,16,19-20H,3,6-11,13H2. The number of aromatic nitrogens is 1. The lowest BCUT2D eigenvalue weighted by Gasteiger charge is -2.47. The van der Waals surface area contributed by atoms with Crippen LogP contribution in [0.25, 0.3) is 10.9 Å². The Balaban J connectivity index is 1.30. The second kappa shape index (κ2) is 5.47. The third-order valence-corrected chi connectivity index (χ3v) is 5.17. The van der Waals surface area contributed by atoms with E-state index < -0.39 is 0 Å². The van der Waals surface area contributed by atoms with Crippen LogP contribution >= 0.6 is 0 Å². The molecule has 1 aromatic heterocycles. The maximum absolute atomic E-state index is 5.99. The highest BCUT2D eigenvalue weighted by atomic mass is 16.5. The average Bonchev–Trinajstić information content (AvgIpc) is 2.88. The molecule has 1 saturated carbocycles. The molecule has 1 aromatic carbocycles. The number of hydrogen-bond donors (Lipinski definition) is 2. The van der Waals surface area contributed by atoms with E-state index in [0.717, 1.165) is 26.0 Å². The van der Waals surface area contributed by atoms with Gasteiger partial charge >= 0.3 is 0 Å². The molecule has 21 heavy (non-hydrogen) atoms. The van der Waals surface area contributed by atoms with E-state index in [9.17, 15) is 0 Å². The molecule has 2 N–H and O–H groups in total. The summed E-state index contributed by atoms with van der Waals surface area (Å²) >= 11 is 0. The summed E-state index contributed by atoms with van der Waals surface area (Å²) in [5.41, 5.74) is 2.82. The molecule has 1 spiro atoms. The van der Waals surface area contributed by atoms with E-state index in [4.69, 9.17) is 4.74 Å². The van der Waals surface area contributed by atoms with Crippen molar-refractivity contribution < 1.29 is 4.74 Å². The van der Waals surface area contributed by atoms with E-state index in [2.05, 4.69) is 40.6 Å². The van der Waals surface area contributed by atoms with E-state index in [-0.39, 0.29) is 5.60 Å². The van der Waals surface area contributed by atoms with Gasteiger partial charge in [0.05, 0.1) is 5.60 Å². The smallest absolute Gasteiger partial charge is 0.0697 e. The number of aromatic amines is 1. The van der Waals surface area contributed by atoms with Crippen LogP contribution in [0.2, 0.25) is 0 Å². The van der Waals surface area contributed by atoms with Gasteiger partial charge in [0.2, 0.25) is 0 Å². The maximum atomic E-state index is 5.99. The summed E-state index contributed by atoms with van der Waals surface area (Å²) in [6, 6.07) is 11.4. The van der Waals surface area contributed by atoms with Crippen LogP contribution in [0.1, 0.15) is 37.8 Å². The number of rotatable bonds is 4. The molecule has 2 aromatic rings. The van der Waals surface area contributed by atoms with E-state index in [1.54, 1.807) is 0 Å². The van der Waals surface area contributed by atoms with Crippen molar-refractivity contribution in [2.24, 2.45) is 0 Å². The molecule has 0 bridgehead atoms. The Morgan fingerprint density at radius 2 is 2.19 bits per heavy atom. The van der Waals surface area contributed by atoms with Crippen molar-refractivity contribution in [3.8, 4) is 0 Å². The van der Waals surface area contributed by atoms with Crippen LogP contribution in [0.5, 0.6) is 0 Å². The van der Waals surface area contributed by atoms with Crippen LogP contribution in [0.3, 0.4) is 0 Å². The molecule has 2 fully saturated rings. The molecule has 1 atom stereocenters. The van der Waals surface area contributed by atoms with Crippen molar-refractivity contribution in [2.45, 2.75) is 50.2 Å². The summed E-state index contributed by atoms with van der Waals surface area (Å²) in [5, 5.41) is 5.05. The Labute approximate surface area is 126 Å². The van der Waals surface area contributed by atoms with Crippen LogP contribution in [0, 0.1) is 0 Å². The quantitative estimate of drug-likeness (QED) is 0.903. The first-order chi connectivity index (χ1) is 10.3. The number of hydrogen-bond acceptors (Lipinski definition) is 2. The van der Waals surface area contributed by atoms with Gasteiger partial charge in [0.1, 0.15) is 0 Å². The van der Waals surface area contributed by atoms with E-state index in [1.165, 1.54) is 42.3 Å². The molecule has 112 valence electrons. The Hall–Kier alpha value is -1.32. The van der Waals surface area contributed by atoms with Gasteiger partial charge in [-0.2, -0.15) is 0 Å². The second-order valence-electron chi connectivity index (χ2n) is 6.66. The van der Waals surface area contributed by atoms with Crippen molar-refractivity contribution in [1.29, 1.82) is 0 Å². The van der Waals surface area contributed by atoms with Crippen molar-refractivity contribution in [3.63, 3.8) is 0 Å². The number of H-pyrrole nitrogens is 1. The molecular formula is C18H24N2O. The van der Waals surface area contributed by atoms with Gasteiger partial charge in [-0.05, 0) is 56.0 Å². The highest BCUT2D eigenvalue weighted by Crippen LogP contribution is 2.42. The molecule has 1 saturated heterocycles. The Morgan fingerprint density at radius 3 is 3.00 bits per heavy atom. The molecule has 1 aliphatic heterocycles. The molecule has 2 aliphatic rings. The third kappa shape index (κ3) is 2.72. The summed E-state index contributed by atoms with van der Waals surface area (Å²) in [7, 11) is 0. The minimum absolute atomic E-state index is 0.247. The van der Waals surface area contributed by atoms with E-state index >= 15 is 0 Å². The number of fused-ring (bicyclic) bond motifs is 1. The summed E-state index contributed by atoms with van der Waals surface area (Å²) in [4.78, 5) is 3.51. The topological polar surface area (TPSA) is 37.0 Å². The van der Waals surface area contributed by atoms with Crippen LogP contribution in [0.15, 0.2) is 30.3 Å². The van der Waals surface area contributed by atoms with Crippen molar-refractivity contribution in [1.82, 2.24) is 10.3 Å². The molecule has 0 amide bonds. The average molecular weight is 284 g/mol. The minimum Gasteiger partial charge on any atom is -0.375 e. The molecule has 1 unspecified atom stereocenters. The van der Waals surface area contributed by atoms with Gasteiger partial charge in [0, 0.05) is 30.4 Å². The van der Waals surface area contributed by atoms with Crippen LogP contribution in [-0.4, -0.2) is 29.8 Å². The Kier molecular flexibility index (Phi) is 3.48. The normalized spacial score (nSPS) is 24.3. The van der Waals surface area contributed by atoms with Gasteiger partial charge in [0.15, 0.2) is 0 Å². The highest BCUT2D eigenvalue weighted by Gasteiger charge is 2.42. The fourth-order valence-electron chi connectivity index (χ4n) is 3.80. The lowest BCUT2D eigenvalue weighted by atomic mass is 9.74. The lowest BCUT2D eigenvalue weighted by Crippen LogP contribution is -2.51. The van der Waals surface area contributed by atoms with E-state index in [0.29, 0.717) is 6.04 Å². The van der Waals surface area contributed by atoms with Crippen molar-refractivity contribution >= 4 is 10.9 Å². The van der Waals surface area contributed by atoms with Crippen LogP contribution < -0.4 is 5.32 Å². The SMILES string of the molecule is c1ccc2[nH]c(CCNC3CCOC4(CCC4)C3)cc2c1. The number of nitrogens with one attached hydrogen (secondary N) is 2. The second-order valence-corrected chi connectivity index (χ2v) is 6.66. The molecule has 0 radical (unpaired) electrons. The number of ether oxygens (including phenoxy) is 1. The molecule has 4 rings (SSSR count). The monoisotopic (exact) mass is 284 g/mol. The van der Waals surface area contributed by atoms with Gasteiger partial charge in [0.25, 0.3) is 0 Å². The molecule has 2 heterocycles. The lowest BCUT2D eigenvalue weighted by molar-refractivity contribution is -0.135. The van der Waals surface area contributed by atoms with Crippen LogP contribution in [0.4, 0.5) is 0 Å². The predicted octanol–water partition coefficient (Wildman–Crippen LogP) is 3.40. The maximum Gasteiger partial charge on any atom is 0.0697 e. The van der Waals surface area contributed by atoms with Gasteiger partial charge in [-0.3, -0.25) is 0 Å². The largest absolute Gasteiger partial charge is 0.375 e. The fraction of sp³-hybridized carbons (Fsp3) is 0.556. The molecule has 3 heteroatoms. The van der Waals surface area contributed by atoms with E-state index in [1.807, 2.05) is 0 Å². The molecule has 1 aliphatic carbocycles. The van der Waals surface area contributed by atoms with Gasteiger partial charge < -0.3 is 15.0 Å². The summed E-state index contributed by atoms with van der Waals surface area (Å²) in [6.07, 6.45) is 7.33. The van der Waals surface area contributed by atoms with Crippen LogP contribution in [-0.2, 0) is 11.2 Å². The van der Waals surface area contributed by atoms with Gasteiger partial charge in [-0.25, -0.2) is 0 Å². The predicted molar refractivity (Wildman–Crippen MR) is 85.6 cm³/mol. The molecule has 3 nitrogen and oxygen atoms in total. The van der Waals surface area contributed by atoms with Crippen molar-refractivity contribution in [3.05, 3.63) is 36.0 Å². The zero-order valence-electron chi connectivity index (χ0n) is 12.5. The first-order valence-corrected chi connectivity index (χ1v) is 8.27. The summed E-state index contributed by atoms with van der Waals surface area (Å²) < 4.78 is 5.99. The Morgan fingerprint density at radius 1 is 1.29 bits per heavy atom. The number of benzene rings is 1. The van der Waals surface area contributed by atoms with Gasteiger partial charge in [-0.1, -0.05) is 18.2 Å². The zero-order valence-corrected chi connectivity index (χ0v) is 12.5. The van der Waals surface area contributed by atoms with Gasteiger partial charge in [-0.15, -0.1) is 0 Å². The third-order valence-electron chi connectivity index (χ3n) is 5.17. The highest BCUT2D eigenvalue weighted by molar-refractivity contribution is 5.80. The molecular weight excluding hydrogens is 260 g/mol. The van der Waals surface area contributed by atoms with Crippen molar-refractivity contribution in [2.75, 3.05) is 13.2 Å². The minimum atomic E-state index is 0.247. The fourth-order valence-corrected chi connectivity index (χ4v) is 3.80. The first kappa shape index (κ1) is 13.4. The summed E-state index contributed by atoms with van der Waals surface area (Å²) in [5.74, 6) is 0. The zero-order chi connectivity index (χ0) is 14.1. The Bertz CT molecular complexity index is 581. The summed E-state index contributed by atoms with van der Waals surface area (Å²) in [6.45, 7) is 1.98. The number of para-hydroxylation sites is 1.